The third kappa shape index (κ3) is 4.62. The number of thiocarbonyl (C=S) groups is 1. The zero-order valence-electron chi connectivity index (χ0n) is 17.5. The molecule has 0 unspecified atom stereocenters. The van der Waals surface area contributed by atoms with E-state index in [1.165, 1.54) is 5.56 Å². The van der Waals surface area contributed by atoms with Crippen LogP contribution in [0, 0.1) is 0 Å². The molecule has 1 heterocycles. The van der Waals surface area contributed by atoms with E-state index < -0.39 is 0 Å². The highest BCUT2D eigenvalue weighted by Crippen LogP contribution is 2.30. The molecule has 4 rings (SSSR count). The average Bonchev–Trinajstić information content (AvgIpc) is 3.14. The summed E-state index contributed by atoms with van der Waals surface area (Å²) in [5.74, 6) is 2.07. The molecule has 158 valence electrons. The van der Waals surface area contributed by atoms with E-state index in [1.54, 1.807) is 14.2 Å². The Balaban J connectivity index is 1.53. The summed E-state index contributed by atoms with van der Waals surface area (Å²) in [4.78, 5) is 4.74. The molecule has 0 aliphatic heterocycles. The Morgan fingerprint density at radius 2 is 1.71 bits per heavy atom. The molecule has 0 bridgehead atoms. The second kappa shape index (κ2) is 9.49. The molecule has 0 saturated heterocycles. The van der Waals surface area contributed by atoms with Crippen molar-refractivity contribution in [2.75, 3.05) is 19.5 Å². The molecule has 0 aliphatic rings. The second-order valence-corrected chi connectivity index (χ2v) is 7.36. The van der Waals surface area contributed by atoms with Crippen molar-refractivity contribution in [1.29, 1.82) is 0 Å². The van der Waals surface area contributed by atoms with Crippen LogP contribution in [-0.2, 0) is 13.1 Å². The summed E-state index contributed by atoms with van der Waals surface area (Å²) in [7, 11) is 3.25. The highest BCUT2D eigenvalue weighted by molar-refractivity contribution is 7.80. The number of fused-ring (bicyclic) bond motifs is 1. The maximum absolute atomic E-state index is 5.56. The number of aromatic nitrogens is 2. The van der Waals surface area contributed by atoms with Crippen LogP contribution in [0.25, 0.3) is 11.0 Å². The Morgan fingerprint density at radius 3 is 2.48 bits per heavy atom. The van der Waals surface area contributed by atoms with E-state index in [4.69, 9.17) is 26.7 Å². The molecule has 31 heavy (non-hydrogen) atoms. The first-order valence-corrected chi connectivity index (χ1v) is 10.3. The summed E-state index contributed by atoms with van der Waals surface area (Å²) in [5.41, 5.74) is 4.10. The van der Waals surface area contributed by atoms with Crippen molar-refractivity contribution in [3.8, 4) is 11.5 Å². The van der Waals surface area contributed by atoms with Gasteiger partial charge in [0, 0.05) is 12.1 Å². The standard InChI is InChI=1S/C24H24N4O2S/c1-29-21-14-8-11-18(22(21)30-2)15-25-24(31)27-23-26-19-12-6-7-13-20(19)28(23)16-17-9-4-3-5-10-17/h3-14H,15-16H2,1-2H3,(H2,25,26,27,31). The van der Waals surface area contributed by atoms with Crippen molar-refractivity contribution in [3.05, 3.63) is 83.9 Å². The molecule has 0 saturated carbocycles. The number of hydrogen-bond acceptors (Lipinski definition) is 4. The lowest BCUT2D eigenvalue weighted by atomic mass is 10.2. The van der Waals surface area contributed by atoms with Gasteiger partial charge in [0.1, 0.15) is 0 Å². The van der Waals surface area contributed by atoms with E-state index in [-0.39, 0.29) is 0 Å². The van der Waals surface area contributed by atoms with E-state index in [0.29, 0.717) is 35.6 Å². The van der Waals surface area contributed by atoms with Crippen LogP contribution in [-0.4, -0.2) is 28.9 Å². The van der Waals surface area contributed by atoms with E-state index in [2.05, 4.69) is 33.4 Å². The molecule has 1 aromatic heterocycles. The Bertz CT molecular complexity index is 1190. The molecular weight excluding hydrogens is 408 g/mol. The molecule has 4 aromatic rings. The quantitative estimate of drug-likeness (QED) is 0.417. The number of nitrogens with one attached hydrogen (secondary N) is 2. The average molecular weight is 433 g/mol. The van der Waals surface area contributed by atoms with Crippen molar-refractivity contribution >= 4 is 34.3 Å². The van der Waals surface area contributed by atoms with Crippen LogP contribution < -0.4 is 20.1 Å². The summed E-state index contributed by atoms with van der Waals surface area (Å²) >= 11 is 5.56. The first-order chi connectivity index (χ1) is 15.2. The third-order valence-electron chi connectivity index (χ3n) is 4.99. The lowest BCUT2D eigenvalue weighted by molar-refractivity contribution is 0.351. The SMILES string of the molecule is COc1cccc(CNC(=S)Nc2nc3ccccc3n2Cc2ccccc2)c1OC. The lowest BCUT2D eigenvalue weighted by Crippen LogP contribution is -2.29. The van der Waals surface area contributed by atoms with Gasteiger partial charge < -0.3 is 24.7 Å². The fourth-order valence-electron chi connectivity index (χ4n) is 3.51. The van der Waals surface area contributed by atoms with Gasteiger partial charge >= 0.3 is 0 Å². The van der Waals surface area contributed by atoms with Gasteiger partial charge in [-0.05, 0) is 36.0 Å². The summed E-state index contributed by atoms with van der Waals surface area (Å²) < 4.78 is 13.0. The lowest BCUT2D eigenvalue weighted by Gasteiger charge is -2.15. The summed E-state index contributed by atoms with van der Waals surface area (Å²) in [6, 6.07) is 24.1. The van der Waals surface area contributed by atoms with E-state index in [1.807, 2.05) is 54.6 Å². The number of ether oxygens (including phenoxy) is 2. The number of para-hydroxylation sites is 3. The number of benzene rings is 3. The number of methoxy groups -OCH3 is 2. The van der Waals surface area contributed by atoms with Crippen molar-refractivity contribution in [2.24, 2.45) is 0 Å². The molecule has 0 spiro atoms. The molecule has 3 aromatic carbocycles. The summed E-state index contributed by atoms with van der Waals surface area (Å²) in [6.45, 7) is 1.18. The molecule has 0 fully saturated rings. The molecule has 0 aliphatic carbocycles. The Hall–Kier alpha value is -3.58. The molecule has 7 heteroatoms. The Kier molecular flexibility index (Phi) is 6.33. The largest absolute Gasteiger partial charge is 0.493 e. The minimum absolute atomic E-state index is 0.481. The molecule has 0 radical (unpaired) electrons. The third-order valence-corrected chi connectivity index (χ3v) is 5.23. The number of imidazole rings is 1. The van der Waals surface area contributed by atoms with Gasteiger partial charge in [-0.3, -0.25) is 0 Å². The highest BCUT2D eigenvalue weighted by Gasteiger charge is 2.13. The molecule has 0 amide bonds. The van der Waals surface area contributed by atoms with Crippen molar-refractivity contribution < 1.29 is 9.47 Å². The van der Waals surface area contributed by atoms with Crippen LogP contribution in [0.5, 0.6) is 11.5 Å². The normalized spacial score (nSPS) is 10.6. The highest BCUT2D eigenvalue weighted by atomic mass is 32.1. The summed E-state index contributed by atoms with van der Waals surface area (Å²) in [5, 5.41) is 6.98. The van der Waals surface area contributed by atoms with Crippen molar-refractivity contribution in [2.45, 2.75) is 13.1 Å². The second-order valence-electron chi connectivity index (χ2n) is 6.96. The van der Waals surface area contributed by atoms with Gasteiger partial charge in [0.15, 0.2) is 16.6 Å². The van der Waals surface area contributed by atoms with Crippen LogP contribution >= 0.6 is 12.2 Å². The fourth-order valence-corrected chi connectivity index (χ4v) is 3.67. The smallest absolute Gasteiger partial charge is 0.210 e. The van der Waals surface area contributed by atoms with Gasteiger partial charge in [0.05, 0.1) is 31.8 Å². The number of anilines is 1. The van der Waals surface area contributed by atoms with Crippen LogP contribution in [0.15, 0.2) is 72.8 Å². The number of nitrogens with zero attached hydrogens (tertiary/aromatic N) is 2. The van der Waals surface area contributed by atoms with Crippen LogP contribution in [0.2, 0.25) is 0 Å². The van der Waals surface area contributed by atoms with Gasteiger partial charge in [-0.1, -0.05) is 54.6 Å². The van der Waals surface area contributed by atoms with Gasteiger partial charge in [-0.15, -0.1) is 0 Å². The van der Waals surface area contributed by atoms with Crippen LogP contribution in [0.4, 0.5) is 5.95 Å². The monoisotopic (exact) mass is 432 g/mol. The minimum atomic E-state index is 0.481. The first kappa shape index (κ1) is 20.7. The van der Waals surface area contributed by atoms with Gasteiger partial charge in [-0.2, -0.15) is 0 Å². The zero-order chi connectivity index (χ0) is 21.6. The topological polar surface area (TPSA) is 60.3 Å². The first-order valence-electron chi connectivity index (χ1n) is 9.93. The van der Waals surface area contributed by atoms with Crippen molar-refractivity contribution in [1.82, 2.24) is 14.9 Å². The zero-order valence-corrected chi connectivity index (χ0v) is 18.3. The Labute approximate surface area is 186 Å². The van der Waals surface area contributed by atoms with Crippen LogP contribution in [0.3, 0.4) is 0 Å². The molecular formula is C24H24N4O2S. The molecule has 0 atom stereocenters. The maximum atomic E-state index is 5.56. The van der Waals surface area contributed by atoms with Crippen molar-refractivity contribution in [3.63, 3.8) is 0 Å². The predicted molar refractivity (Wildman–Crippen MR) is 128 cm³/mol. The maximum Gasteiger partial charge on any atom is 0.210 e. The molecule has 6 nitrogen and oxygen atoms in total. The predicted octanol–water partition coefficient (Wildman–Crippen LogP) is 4.59. The van der Waals surface area contributed by atoms with Gasteiger partial charge in [-0.25, -0.2) is 4.98 Å². The minimum Gasteiger partial charge on any atom is -0.493 e. The fraction of sp³-hybridized carbons (Fsp3) is 0.167. The number of rotatable bonds is 7. The van der Waals surface area contributed by atoms with E-state index in [0.717, 1.165) is 16.6 Å². The van der Waals surface area contributed by atoms with Gasteiger partial charge in [0.2, 0.25) is 5.95 Å². The molecule has 2 N–H and O–H groups in total. The van der Waals surface area contributed by atoms with E-state index >= 15 is 0 Å². The number of hydrogen-bond donors (Lipinski definition) is 2. The summed E-state index contributed by atoms with van der Waals surface area (Å²) in [6.07, 6.45) is 0. The van der Waals surface area contributed by atoms with Crippen LogP contribution in [0.1, 0.15) is 11.1 Å². The Morgan fingerprint density at radius 1 is 0.935 bits per heavy atom. The van der Waals surface area contributed by atoms with Gasteiger partial charge in [0.25, 0.3) is 0 Å². The van der Waals surface area contributed by atoms with E-state index in [9.17, 15) is 0 Å².